The lowest BCUT2D eigenvalue weighted by molar-refractivity contribution is -0.116. The van der Waals surface area contributed by atoms with E-state index in [1.807, 2.05) is 0 Å². The van der Waals surface area contributed by atoms with Crippen molar-refractivity contribution in [2.45, 2.75) is 19.9 Å². The fraction of sp³-hybridized carbons (Fsp3) is 0.160. The van der Waals surface area contributed by atoms with Crippen LogP contribution in [0.4, 0.5) is 11.6 Å². The molecule has 4 aromatic rings. The molecule has 35 heavy (non-hydrogen) atoms. The third-order valence-electron chi connectivity index (χ3n) is 5.21. The standard InChI is InChI=1S/C25H23N7O3/c1-4-7-20(33)29-15(2)24-31-21(22-23(26)28-12-13-32(22)24)16-9-10-17(18(14-16)35-3)25(34)30-19-8-5-6-11-27-19/h5-6,8-15H,1-3H3,(H2,26,28)(H,29,33)(H,27,30,34)/t15-/m0/s1. The lowest BCUT2D eigenvalue weighted by Crippen LogP contribution is -2.26. The fourth-order valence-electron chi connectivity index (χ4n) is 3.65. The van der Waals surface area contributed by atoms with Gasteiger partial charge in [-0.25, -0.2) is 15.0 Å². The molecular weight excluding hydrogens is 446 g/mol. The van der Waals surface area contributed by atoms with Crippen LogP contribution in [0.25, 0.3) is 16.8 Å². The van der Waals surface area contributed by atoms with Gasteiger partial charge < -0.3 is 21.1 Å². The topological polar surface area (TPSA) is 137 Å². The number of nitrogen functional groups attached to an aromatic ring is 1. The van der Waals surface area contributed by atoms with E-state index in [-0.39, 0.29) is 11.7 Å². The smallest absolute Gasteiger partial charge is 0.296 e. The van der Waals surface area contributed by atoms with Crippen LogP contribution in [0.5, 0.6) is 5.75 Å². The molecule has 0 spiro atoms. The van der Waals surface area contributed by atoms with Gasteiger partial charge in [0.1, 0.15) is 34.4 Å². The minimum atomic E-state index is -0.461. The number of ether oxygens (including phenoxy) is 1. The third kappa shape index (κ3) is 4.74. The number of amides is 2. The quantitative estimate of drug-likeness (QED) is 0.369. The molecular formula is C25H23N7O3. The Balaban J connectivity index is 1.75. The zero-order valence-electron chi connectivity index (χ0n) is 19.4. The van der Waals surface area contributed by atoms with Crippen LogP contribution in [0.3, 0.4) is 0 Å². The number of hydrogen-bond acceptors (Lipinski definition) is 7. The van der Waals surface area contributed by atoms with Crippen molar-refractivity contribution in [2.24, 2.45) is 0 Å². The molecule has 0 radical (unpaired) electrons. The predicted octanol–water partition coefficient (Wildman–Crippen LogP) is 2.83. The molecule has 0 fully saturated rings. The number of rotatable bonds is 6. The van der Waals surface area contributed by atoms with E-state index in [1.165, 1.54) is 7.11 Å². The van der Waals surface area contributed by atoms with E-state index in [0.717, 1.165) is 0 Å². The maximum absolute atomic E-state index is 12.8. The highest BCUT2D eigenvalue weighted by Gasteiger charge is 2.22. The third-order valence-corrected chi connectivity index (χ3v) is 5.21. The second kappa shape index (κ2) is 9.93. The van der Waals surface area contributed by atoms with E-state index in [2.05, 4.69) is 32.4 Å². The van der Waals surface area contributed by atoms with Gasteiger partial charge in [-0.3, -0.25) is 14.0 Å². The van der Waals surface area contributed by atoms with Gasteiger partial charge in [-0.1, -0.05) is 18.1 Å². The largest absolute Gasteiger partial charge is 0.496 e. The summed E-state index contributed by atoms with van der Waals surface area (Å²) in [7, 11) is 1.48. The molecule has 3 heterocycles. The van der Waals surface area contributed by atoms with Crippen molar-refractivity contribution in [3.63, 3.8) is 0 Å². The van der Waals surface area contributed by atoms with Crippen LogP contribution < -0.4 is 21.1 Å². The normalized spacial score (nSPS) is 11.3. The van der Waals surface area contributed by atoms with E-state index in [0.29, 0.717) is 39.7 Å². The summed E-state index contributed by atoms with van der Waals surface area (Å²) in [6, 6.07) is 9.87. The van der Waals surface area contributed by atoms with Crippen LogP contribution in [0.2, 0.25) is 0 Å². The molecule has 0 aliphatic heterocycles. The van der Waals surface area contributed by atoms with Crippen molar-refractivity contribution < 1.29 is 14.3 Å². The second-order valence-electron chi connectivity index (χ2n) is 7.50. The van der Waals surface area contributed by atoms with Gasteiger partial charge in [0.05, 0.1) is 18.7 Å². The van der Waals surface area contributed by atoms with E-state index in [1.54, 1.807) is 73.2 Å². The summed E-state index contributed by atoms with van der Waals surface area (Å²) in [6.45, 7) is 3.39. The number of nitrogens with one attached hydrogen (secondary N) is 2. The Kier molecular flexibility index (Phi) is 6.59. The van der Waals surface area contributed by atoms with Crippen molar-refractivity contribution in [3.05, 3.63) is 66.4 Å². The van der Waals surface area contributed by atoms with Gasteiger partial charge in [0, 0.05) is 24.2 Å². The van der Waals surface area contributed by atoms with Gasteiger partial charge in [-0.05, 0) is 44.0 Å². The van der Waals surface area contributed by atoms with Gasteiger partial charge in [0.2, 0.25) is 0 Å². The molecule has 3 aromatic heterocycles. The average Bonchev–Trinajstić information content (AvgIpc) is 3.25. The summed E-state index contributed by atoms with van der Waals surface area (Å²) in [5, 5.41) is 5.55. The first kappa shape index (κ1) is 23.3. The number of nitrogens with zero attached hydrogens (tertiary/aromatic N) is 4. The fourth-order valence-corrected chi connectivity index (χ4v) is 3.65. The number of methoxy groups -OCH3 is 1. The maximum atomic E-state index is 12.8. The molecule has 0 aliphatic rings. The summed E-state index contributed by atoms with van der Waals surface area (Å²) < 4.78 is 7.28. The molecule has 4 N–H and O–H groups in total. The Bertz CT molecular complexity index is 1470. The molecule has 10 nitrogen and oxygen atoms in total. The zero-order chi connectivity index (χ0) is 24.9. The van der Waals surface area contributed by atoms with Crippen molar-refractivity contribution in [2.75, 3.05) is 18.2 Å². The Morgan fingerprint density at radius 3 is 2.71 bits per heavy atom. The van der Waals surface area contributed by atoms with Gasteiger partial charge >= 0.3 is 0 Å². The Labute approximate surface area is 201 Å². The first-order chi connectivity index (χ1) is 16.9. The maximum Gasteiger partial charge on any atom is 0.296 e. The Morgan fingerprint density at radius 1 is 1.17 bits per heavy atom. The molecule has 2 amide bonds. The molecule has 1 atom stereocenters. The number of aromatic nitrogens is 4. The summed E-state index contributed by atoms with van der Waals surface area (Å²) in [5.41, 5.74) is 8.29. The first-order valence-electron chi connectivity index (χ1n) is 10.7. The highest BCUT2D eigenvalue weighted by molar-refractivity contribution is 6.06. The molecule has 0 saturated carbocycles. The molecule has 176 valence electrons. The number of nitrogens with two attached hydrogens (primary N) is 1. The number of benzene rings is 1. The van der Waals surface area contributed by atoms with Crippen LogP contribution in [0.1, 0.15) is 36.1 Å². The summed E-state index contributed by atoms with van der Waals surface area (Å²) in [6.07, 6.45) is 4.87. The van der Waals surface area contributed by atoms with Crippen LogP contribution in [0, 0.1) is 11.8 Å². The minimum absolute atomic E-state index is 0.268. The van der Waals surface area contributed by atoms with E-state index in [9.17, 15) is 9.59 Å². The van der Waals surface area contributed by atoms with E-state index < -0.39 is 11.9 Å². The summed E-state index contributed by atoms with van der Waals surface area (Å²) in [5.74, 6) is 5.85. The van der Waals surface area contributed by atoms with Crippen LogP contribution in [-0.2, 0) is 4.79 Å². The number of pyridine rings is 1. The van der Waals surface area contributed by atoms with Gasteiger partial charge in [-0.2, -0.15) is 0 Å². The van der Waals surface area contributed by atoms with Crippen LogP contribution in [0.15, 0.2) is 55.0 Å². The molecule has 0 saturated heterocycles. The number of fused-ring (bicyclic) bond motifs is 1. The number of anilines is 2. The van der Waals surface area contributed by atoms with Crippen LogP contribution in [-0.4, -0.2) is 38.3 Å². The number of imidazole rings is 1. The number of carbonyl (C=O) groups excluding carboxylic acids is 2. The van der Waals surface area contributed by atoms with Crippen molar-refractivity contribution >= 4 is 29.0 Å². The van der Waals surface area contributed by atoms with Crippen molar-refractivity contribution in [1.29, 1.82) is 0 Å². The predicted molar refractivity (Wildman–Crippen MR) is 132 cm³/mol. The molecule has 0 bridgehead atoms. The Hall–Kier alpha value is -4.91. The highest BCUT2D eigenvalue weighted by atomic mass is 16.5. The second-order valence-corrected chi connectivity index (χ2v) is 7.50. The summed E-state index contributed by atoms with van der Waals surface area (Å²) >= 11 is 0. The molecule has 0 aliphatic carbocycles. The SMILES string of the molecule is CC#CC(=O)N[C@@H](C)c1nc(-c2ccc(C(=O)Nc3ccccn3)c(OC)c2)c2c(N)nccn12. The zero-order valence-corrected chi connectivity index (χ0v) is 19.4. The van der Waals surface area contributed by atoms with E-state index >= 15 is 0 Å². The lowest BCUT2D eigenvalue weighted by atomic mass is 10.1. The van der Waals surface area contributed by atoms with Gasteiger partial charge in [-0.15, -0.1) is 0 Å². The van der Waals surface area contributed by atoms with Gasteiger partial charge in [0.15, 0.2) is 0 Å². The first-order valence-corrected chi connectivity index (χ1v) is 10.7. The number of carbonyl (C=O) groups is 2. The summed E-state index contributed by atoms with van der Waals surface area (Å²) in [4.78, 5) is 37.9. The minimum Gasteiger partial charge on any atom is -0.496 e. The monoisotopic (exact) mass is 469 g/mol. The lowest BCUT2D eigenvalue weighted by Gasteiger charge is -2.10. The van der Waals surface area contributed by atoms with E-state index in [4.69, 9.17) is 15.5 Å². The molecule has 10 heteroatoms. The van der Waals surface area contributed by atoms with Crippen molar-refractivity contribution in [3.8, 4) is 28.8 Å². The van der Waals surface area contributed by atoms with Crippen LogP contribution >= 0.6 is 0 Å². The molecule has 0 unspecified atom stereocenters. The number of hydrogen-bond donors (Lipinski definition) is 3. The van der Waals surface area contributed by atoms with Crippen molar-refractivity contribution in [1.82, 2.24) is 24.7 Å². The average molecular weight is 470 g/mol. The highest BCUT2D eigenvalue weighted by Crippen LogP contribution is 2.33. The molecule has 4 rings (SSSR count). The van der Waals surface area contributed by atoms with Gasteiger partial charge in [0.25, 0.3) is 11.8 Å². The molecule has 1 aromatic carbocycles. The Morgan fingerprint density at radius 2 is 2.00 bits per heavy atom.